The number of aromatic nitrogens is 3. The Morgan fingerprint density at radius 3 is 2.53 bits per heavy atom. The molecule has 0 amide bonds. The highest BCUT2D eigenvalue weighted by atomic mass is 15.1. The number of hydrogen-bond donors (Lipinski definition) is 0. The fraction of sp³-hybridized carbons (Fsp3) is 0.562. The first-order valence-corrected chi connectivity index (χ1v) is 7.40. The summed E-state index contributed by atoms with van der Waals surface area (Å²) < 4.78 is 4.56. The molecule has 0 fully saturated rings. The molecule has 2 heterocycles. The summed E-state index contributed by atoms with van der Waals surface area (Å²) in [4.78, 5) is 4.49. The first kappa shape index (κ1) is 13.9. The molecular weight excluding hydrogens is 234 g/mol. The molecule has 0 aliphatic carbocycles. The van der Waals surface area contributed by atoms with Gasteiger partial charge in [-0.2, -0.15) is 0 Å². The van der Waals surface area contributed by atoms with Crippen LogP contribution >= 0.6 is 0 Å². The predicted molar refractivity (Wildman–Crippen MR) is 80.2 cm³/mol. The van der Waals surface area contributed by atoms with Gasteiger partial charge in [0.2, 0.25) is 0 Å². The Hall–Kier alpha value is -1.51. The molecule has 1 unspecified atom stereocenters. The summed E-state index contributed by atoms with van der Waals surface area (Å²) in [6.45, 7) is 6.77. The van der Waals surface area contributed by atoms with Crippen LogP contribution in [-0.4, -0.2) is 14.1 Å². The number of hydrogen-bond acceptors (Lipinski definition) is 1. The molecule has 0 N–H and O–H groups in total. The molecule has 3 nitrogen and oxygen atoms in total. The molecule has 1 atom stereocenters. The maximum absolute atomic E-state index is 4.49. The Labute approximate surface area is 116 Å². The highest BCUT2D eigenvalue weighted by Gasteiger charge is 2.17. The van der Waals surface area contributed by atoms with Gasteiger partial charge in [0.25, 0.3) is 0 Å². The third-order valence-electron chi connectivity index (χ3n) is 3.91. The molecule has 104 valence electrons. The van der Waals surface area contributed by atoms with Crippen molar-refractivity contribution in [3.05, 3.63) is 30.4 Å². The van der Waals surface area contributed by atoms with Crippen LogP contribution in [-0.2, 0) is 13.5 Å². The lowest BCUT2D eigenvalue weighted by Gasteiger charge is -2.20. The van der Waals surface area contributed by atoms with Crippen LogP contribution in [0.25, 0.3) is 11.4 Å². The monoisotopic (exact) mass is 259 g/mol. The summed E-state index contributed by atoms with van der Waals surface area (Å²) in [5.41, 5.74) is 2.69. The van der Waals surface area contributed by atoms with E-state index in [2.05, 4.69) is 54.2 Å². The van der Waals surface area contributed by atoms with Crippen molar-refractivity contribution in [2.24, 2.45) is 7.05 Å². The van der Waals surface area contributed by atoms with Gasteiger partial charge in [-0.25, -0.2) is 4.98 Å². The minimum atomic E-state index is 0.619. The lowest BCUT2D eigenvalue weighted by Crippen LogP contribution is -2.10. The first-order valence-electron chi connectivity index (χ1n) is 7.40. The molecule has 0 saturated heterocycles. The molecule has 0 aliphatic rings. The van der Waals surface area contributed by atoms with Crippen LogP contribution in [0.5, 0.6) is 0 Å². The SMILES string of the molecule is CCCC(CC)n1ccc(-c2nccn2C)c1CC. The van der Waals surface area contributed by atoms with E-state index in [1.807, 2.05) is 12.4 Å². The Morgan fingerprint density at radius 1 is 1.21 bits per heavy atom. The predicted octanol–water partition coefficient (Wildman–Crippen LogP) is 4.20. The van der Waals surface area contributed by atoms with Crippen LogP contribution in [0.4, 0.5) is 0 Å². The number of rotatable bonds is 6. The number of nitrogens with zero attached hydrogens (tertiary/aromatic N) is 3. The Kier molecular flexibility index (Phi) is 4.46. The van der Waals surface area contributed by atoms with Gasteiger partial charge < -0.3 is 9.13 Å². The third-order valence-corrected chi connectivity index (χ3v) is 3.91. The molecule has 0 bridgehead atoms. The molecule has 0 aromatic carbocycles. The van der Waals surface area contributed by atoms with Gasteiger partial charge >= 0.3 is 0 Å². The summed E-state index contributed by atoms with van der Waals surface area (Å²) in [5, 5.41) is 0. The number of aryl methyl sites for hydroxylation is 1. The zero-order valence-electron chi connectivity index (χ0n) is 12.6. The molecule has 2 aromatic rings. The van der Waals surface area contributed by atoms with Crippen molar-refractivity contribution in [2.45, 2.75) is 52.5 Å². The second kappa shape index (κ2) is 6.09. The van der Waals surface area contributed by atoms with Crippen molar-refractivity contribution in [3.63, 3.8) is 0 Å². The minimum Gasteiger partial charge on any atom is -0.348 e. The highest BCUT2D eigenvalue weighted by molar-refractivity contribution is 5.59. The molecule has 0 spiro atoms. The zero-order valence-corrected chi connectivity index (χ0v) is 12.6. The van der Waals surface area contributed by atoms with Crippen molar-refractivity contribution >= 4 is 0 Å². The molecular formula is C16H25N3. The van der Waals surface area contributed by atoms with Gasteiger partial charge in [-0.3, -0.25) is 0 Å². The average molecular weight is 259 g/mol. The van der Waals surface area contributed by atoms with Crippen molar-refractivity contribution in [2.75, 3.05) is 0 Å². The third kappa shape index (κ3) is 2.60. The van der Waals surface area contributed by atoms with Gasteiger partial charge in [-0.15, -0.1) is 0 Å². The fourth-order valence-corrected chi connectivity index (χ4v) is 2.90. The zero-order chi connectivity index (χ0) is 13.8. The molecule has 0 radical (unpaired) electrons. The quantitative estimate of drug-likeness (QED) is 0.762. The molecule has 3 heteroatoms. The van der Waals surface area contributed by atoms with Crippen molar-refractivity contribution < 1.29 is 0 Å². The largest absolute Gasteiger partial charge is 0.348 e. The highest BCUT2D eigenvalue weighted by Crippen LogP contribution is 2.29. The van der Waals surface area contributed by atoms with Crippen LogP contribution in [0.1, 0.15) is 51.8 Å². The van der Waals surface area contributed by atoms with Crippen LogP contribution in [0.3, 0.4) is 0 Å². The second-order valence-electron chi connectivity index (χ2n) is 5.15. The van der Waals surface area contributed by atoms with Crippen LogP contribution in [0.15, 0.2) is 24.7 Å². The van der Waals surface area contributed by atoms with Gasteiger partial charge in [-0.05, 0) is 25.3 Å². The van der Waals surface area contributed by atoms with Gasteiger partial charge in [-0.1, -0.05) is 27.2 Å². The van der Waals surface area contributed by atoms with E-state index in [1.165, 1.54) is 30.5 Å². The topological polar surface area (TPSA) is 22.8 Å². The smallest absolute Gasteiger partial charge is 0.141 e. The van der Waals surface area contributed by atoms with E-state index in [0.717, 1.165) is 12.2 Å². The van der Waals surface area contributed by atoms with Gasteiger partial charge in [0, 0.05) is 42.9 Å². The first-order chi connectivity index (χ1) is 9.22. The Bertz CT molecular complexity index is 522. The van der Waals surface area contributed by atoms with E-state index >= 15 is 0 Å². The van der Waals surface area contributed by atoms with E-state index in [4.69, 9.17) is 0 Å². The lowest BCUT2D eigenvalue weighted by molar-refractivity contribution is 0.438. The Balaban J connectivity index is 2.43. The standard InChI is InChI=1S/C16H25N3/c1-5-8-13(6-2)19-11-9-14(15(19)7-3)16-17-10-12-18(16)4/h9-13H,5-8H2,1-4H3. The van der Waals surface area contributed by atoms with Gasteiger partial charge in [0.1, 0.15) is 5.82 Å². The normalized spacial score (nSPS) is 12.8. The van der Waals surface area contributed by atoms with Gasteiger partial charge in [0.05, 0.1) is 0 Å². The van der Waals surface area contributed by atoms with Crippen molar-refractivity contribution in [1.82, 2.24) is 14.1 Å². The second-order valence-corrected chi connectivity index (χ2v) is 5.15. The molecule has 0 saturated carbocycles. The lowest BCUT2D eigenvalue weighted by atomic mass is 10.1. The summed E-state index contributed by atoms with van der Waals surface area (Å²) >= 11 is 0. The average Bonchev–Trinajstić information content (AvgIpc) is 3.01. The van der Waals surface area contributed by atoms with Gasteiger partial charge in [0.15, 0.2) is 0 Å². The van der Waals surface area contributed by atoms with Crippen LogP contribution < -0.4 is 0 Å². The van der Waals surface area contributed by atoms with E-state index in [0.29, 0.717) is 6.04 Å². The van der Waals surface area contributed by atoms with E-state index < -0.39 is 0 Å². The summed E-state index contributed by atoms with van der Waals surface area (Å²) in [7, 11) is 2.06. The van der Waals surface area contributed by atoms with E-state index in [-0.39, 0.29) is 0 Å². The molecule has 19 heavy (non-hydrogen) atoms. The maximum Gasteiger partial charge on any atom is 0.141 e. The minimum absolute atomic E-state index is 0.619. The molecule has 0 aliphatic heterocycles. The van der Waals surface area contributed by atoms with Crippen molar-refractivity contribution in [3.8, 4) is 11.4 Å². The Morgan fingerprint density at radius 2 is 2.00 bits per heavy atom. The van der Waals surface area contributed by atoms with Crippen LogP contribution in [0.2, 0.25) is 0 Å². The van der Waals surface area contributed by atoms with Crippen LogP contribution in [0, 0.1) is 0 Å². The summed E-state index contributed by atoms with van der Waals surface area (Å²) in [6, 6.07) is 2.84. The van der Waals surface area contributed by atoms with E-state index in [1.54, 1.807) is 0 Å². The fourth-order valence-electron chi connectivity index (χ4n) is 2.90. The van der Waals surface area contributed by atoms with E-state index in [9.17, 15) is 0 Å². The molecule has 2 rings (SSSR count). The summed E-state index contributed by atoms with van der Waals surface area (Å²) in [6.07, 6.45) is 10.8. The van der Waals surface area contributed by atoms with Crippen molar-refractivity contribution in [1.29, 1.82) is 0 Å². The maximum atomic E-state index is 4.49. The number of imidazole rings is 1. The summed E-state index contributed by atoms with van der Waals surface area (Å²) in [5.74, 6) is 1.07. The molecule has 2 aromatic heterocycles.